The van der Waals surface area contributed by atoms with Gasteiger partial charge in [-0.2, -0.15) is 0 Å². The van der Waals surface area contributed by atoms with Crippen LogP contribution in [0.1, 0.15) is 107 Å². The van der Waals surface area contributed by atoms with E-state index in [0.29, 0.717) is 12.8 Å². The fourth-order valence-corrected chi connectivity index (χ4v) is 6.01. The summed E-state index contributed by atoms with van der Waals surface area (Å²) in [5, 5.41) is 14.5. The monoisotopic (exact) mass is 759 g/mol. The fraction of sp³-hybridized carbons (Fsp3) is 0.707. The predicted octanol–water partition coefficient (Wildman–Crippen LogP) is 3.84. The van der Waals surface area contributed by atoms with Gasteiger partial charge >= 0.3 is 5.97 Å². The van der Waals surface area contributed by atoms with Gasteiger partial charge in [-0.1, -0.05) is 92.6 Å². The third kappa shape index (κ3) is 19.9. The number of benzene rings is 1. The van der Waals surface area contributed by atoms with Crippen LogP contribution < -0.4 is 32.3 Å². The molecule has 6 atom stereocenters. The summed E-state index contributed by atoms with van der Waals surface area (Å²) in [4.78, 5) is 77.6. The molecule has 0 radical (unpaired) electrons. The van der Waals surface area contributed by atoms with E-state index < -0.39 is 35.9 Å². The highest BCUT2D eigenvalue weighted by molar-refractivity contribution is 5.84. The van der Waals surface area contributed by atoms with Crippen LogP contribution in [0.3, 0.4) is 0 Å². The molecule has 13 nitrogen and oxygen atoms in total. The summed E-state index contributed by atoms with van der Waals surface area (Å²) in [6.07, 6.45) is 1.23. The first-order valence-electron chi connectivity index (χ1n) is 19.7. The SMILES string of the molecule is CC(C)C[C@@H](CC(=O)OCc1ccccc1)NC(=O)[C@@H](C)CNC(=O)C[C@@H](NC(=O)[C@H](CNC(=O)C[C@H](C)NC(=O)[C@H](CN)C(C)C)CC(C)C)C(C)C. The maximum absolute atomic E-state index is 13.5. The zero-order valence-electron chi connectivity index (χ0n) is 34.5. The van der Waals surface area contributed by atoms with Gasteiger partial charge in [0, 0.05) is 50.6 Å². The third-order valence-corrected chi connectivity index (χ3v) is 9.30. The molecule has 0 saturated carbocycles. The summed E-state index contributed by atoms with van der Waals surface area (Å²) >= 11 is 0. The summed E-state index contributed by atoms with van der Waals surface area (Å²) < 4.78 is 5.43. The van der Waals surface area contributed by atoms with Gasteiger partial charge in [-0.25, -0.2) is 0 Å². The van der Waals surface area contributed by atoms with E-state index in [-0.39, 0.29) is 105 Å². The van der Waals surface area contributed by atoms with E-state index in [4.69, 9.17) is 10.5 Å². The number of esters is 1. The molecule has 54 heavy (non-hydrogen) atoms. The molecule has 0 aliphatic rings. The molecule has 0 saturated heterocycles. The van der Waals surface area contributed by atoms with Gasteiger partial charge in [0.2, 0.25) is 29.5 Å². The summed E-state index contributed by atoms with van der Waals surface area (Å²) in [7, 11) is 0. The molecule has 0 heterocycles. The Bertz CT molecular complexity index is 1320. The number of carbonyl (C=O) groups excluding carboxylic acids is 6. The molecule has 0 spiro atoms. The molecule has 0 aliphatic carbocycles. The Hall–Kier alpha value is -4.00. The Labute approximate surface area is 323 Å². The van der Waals surface area contributed by atoms with Gasteiger partial charge in [0.25, 0.3) is 0 Å². The van der Waals surface area contributed by atoms with Crippen LogP contribution in [0.15, 0.2) is 30.3 Å². The van der Waals surface area contributed by atoms with Gasteiger partial charge in [-0.3, -0.25) is 28.8 Å². The second-order valence-corrected chi connectivity index (χ2v) is 16.3. The van der Waals surface area contributed by atoms with Crippen molar-refractivity contribution in [2.24, 2.45) is 47.2 Å². The van der Waals surface area contributed by atoms with Gasteiger partial charge in [0.15, 0.2) is 0 Å². The van der Waals surface area contributed by atoms with Gasteiger partial charge in [-0.15, -0.1) is 0 Å². The Kier molecular flexibility index (Phi) is 22.4. The number of rotatable bonds is 25. The number of nitrogens with two attached hydrogens (primary N) is 1. The van der Waals surface area contributed by atoms with Crippen LogP contribution in [-0.2, 0) is 40.1 Å². The first kappa shape index (κ1) is 48.0. The molecule has 0 fully saturated rings. The molecule has 1 rings (SSSR count). The molecule has 7 N–H and O–H groups in total. The average Bonchev–Trinajstić information content (AvgIpc) is 3.07. The molecule has 0 bridgehead atoms. The quantitative estimate of drug-likeness (QED) is 0.0809. The lowest BCUT2D eigenvalue weighted by atomic mass is 9.94. The third-order valence-electron chi connectivity index (χ3n) is 9.30. The van der Waals surface area contributed by atoms with Crippen LogP contribution >= 0.6 is 0 Å². The van der Waals surface area contributed by atoms with Gasteiger partial charge < -0.3 is 37.1 Å². The van der Waals surface area contributed by atoms with Crippen molar-refractivity contribution in [2.75, 3.05) is 19.6 Å². The van der Waals surface area contributed by atoms with E-state index in [0.717, 1.165) is 5.56 Å². The lowest BCUT2D eigenvalue weighted by molar-refractivity contribution is -0.146. The predicted molar refractivity (Wildman–Crippen MR) is 211 cm³/mol. The minimum Gasteiger partial charge on any atom is -0.461 e. The molecular formula is C41H70N6O7. The zero-order valence-corrected chi connectivity index (χ0v) is 34.5. The van der Waals surface area contributed by atoms with Crippen molar-refractivity contribution in [1.82, 2.24) is 26.6 Å². The molecule has 0 aliphatic heterocycles. The number of amides is 5. The van der Waals surface area contributed by atoms with Gasteiger partial charge in [-0.05, 0) is 49.0 Å². The van der Waals surface area contributed by atoms with E-state index in [2.05, 4.69) is 26.6 Å². The second-order valence-electron chi connectivity index (χ2n) is 16.3. The summed E-state index contributed by atoms with van der Waals surface area (Å²) in [5.74, 6) is -2.73. The summed E-state index contributed by atoms with van der Waals surface area (Å²) in [6.45, 7) is 19.7. The van der Waals surface area contributed by atoms with Crippen molar-refractivity contribution in [3.05, 3.63) is 35.9 Å². The smallest absolute Gasteiger partial charge is 0.308 e. The molecule has 13 heteroatoms. The summed E-state index contributed by atoms with van der Waals surface area (Å²) in [6, 6.07) is 8.09. The Balaban J connectivity index is 2.70. The van der Waals surface area contributed by atoms with E-state index in [9.17, 15) is 28.8 Å². The standard InChI is InChI=1S/C41H70N6O7/c1-25(2)16-32(23-44-36(48)18-30(10)45-41(53)34(21-42)27(5)6)40(52)47-35(28(7)8)20-37(49)43-22-29(9)39(51)46-33(17-26(3)4)19-38(50)54-24-31-14-12-11-13-15-31/h11-15,25-30,32-35H,16-24,42H2,1-10H3,(H,43,49)(H,44,48)(H,45,53)(H,46,51)(H,47,52)/t29-,30-,32-,33-,34+,35+/m0/s1. The first-order valence-corrected chi connectivity index (χ1v) is 19.7. The van der Waals surface area contributed by atoms with Crippen LogP contribution in [-0.4, -0.2) is 73.3 Å². The highest BCUT2D eigenvalue weighted by Gasteiger charge is 2.28. The Morgan fingerprint density at radius 3 is 1.80 bits per heavy atom. The highest BCUT2D eigenvalue weighted by atomic mass is 16.5. The lowest BCUT2D eigenvalue weighted by Crippen LogP contribution is -2.48. The van der Waals surface area contributed by atoms with Crippen LogP contribution in [0.2, 0.25) is 0 Å². The van der Waals surface area contributed by atoms with Crippen molar-refractivity contribution in [1.29, 1.82) is 0 Å². The Morgan fingerprint density at radius 1 is 0.648 bits per heavy atom. The minimum atomic E-state index is -0.566. The maximum atomic E-state index is 13.5. The number of carbonyl (C=O) groups is 6. The molecule has 5 amide bonds. The topological polar surface area (TPSA) is 198 Å². The van der Waals surface area contributed by atoms with Crippen molar-refractivity contribution in [3.8, 4) is 0 Å². The van der Waals surface area contributed by atoms with Gasteiger partial charge in [0.05, 0.1) is 24.2 Å². The molecule has 1 aromatic carbocycles. The van der Waals surface area contributed by atoms with E-state index >= 15 is 0 Å². The zero-order chi connectivity index (χ0) is 41.0. The fourth-order valence-electron chi connectivity index (χ4n) is 6.01. The van der Waals surface area contributed by atoms with Crippen molar-refractivity contribution < 1.29 is 33.5 Å². The van der Waals surface area contributed by atoms with Crippen LogP contribution in [0.25, 0.3) is 0 Å². The molecule has 306 valence electrons. The van der Waals surface area contributed by atoms with Crippen LogP contribution in [0.5, 0.6) is 0 Å². The number of nitrogens with one attached hydrogen (secondary N) is 5. The maximum Gasteiger partial charge on any atom is 0.308 e. The molecule has 1 aromatic rings. The van der Waals surface area contributed by atoms with Gasteiger partial charge in [0.1, 0.15) is 6.61 Å². The molecular weight excluding hydrogens is 688 g/mol. The second kappa shape index (κ2) is 25.1. The molecule has 0 aromatic heterocycles. The van der Waals surface area contributed by atoms with Crippen molar-refractivity contribution >= 4 is 35.5 Å². The van der Waals surface area contributed by atoms with E-state index in [1.807, 2.05) is 85.7 Å². The van der Waals surface area contributed by atoms with Crippen molar-refractivity contribution in [3.63, 3.8) is 0 Å². The lowest BCUT2D eigenvalue weighted by Gasteiger charge is -2.27. The number of ether oxygens (including phenoxy) is 1. The van der Waals surface area contributed by atoms with Crippen LogP contribution in [0, 0.1) is 41.4 Å². The Morgan fingerprint density at radius 2 is 1.24 bits per heavy atom. The molecule has 0 unspecified atom stereocenters. The van der Waals surface area contributed by atoms with E-state index in [1.165, 1.54) is 0 Å². The number of hydrogen-bond acceptors (Lipinski definition) is 8. The van der Waals surface area contributed by atoms with E-state index in [1.54, 1.807) is 13.8 Å². The number of hydrogen-bond donors (Lipinski definition) is 6. The van der Waals surface area contributed by atoms with Crippen LogP contribution in [0.4, 0.5) is 0 Å². The normalized spacial score (nSPS) is 14.8. The first-order chi connectivity index (χ1) is 25.3. The van der Waals surface area contributed by atoms with Crippen molar-refractivity contribution in [2.45, 2.75) is 126 Å². The highest BCUT2D eigenvalue weighted by Crippen LogP contribution is 2.16. The minimum absolute atomic E-state index is 0.0130. The summed E-state index contributed by atoms with van der Waals surface area (Å²) in [5.41, 5.74) is 6.63. The average molecular weight is 759 g/mol. The largest absolute Gasteiger partial charge is 0.461 e.